The molecule has 2 aromatic rings. The quantitative estimate of drug-likeness (QED) is 0.847. The van der Waals surface area contributed by atoms with Crippen molar-refractivity contribution in [3.05, 3.63) is 35.7 Å². The van der Waals surface area contributed by atoms with Gasteiger partial charge in [-0.2, -0.15) is 9.94 Å². The van der Waals surface area contributed by atoms with Crippen molar-refractivity contribution in [2.75, 3.05) is 13.1 Å². The van der Waals surface area contributed by atoms with E-state index in [0.717, 1.165) is 24.6 Å². The largest absolute Gasteiger partial charge is 0.373 e. The lowest BCUT2D eigenvalue weighted by molar-refractivity contribution is -0.0712. The SMILES string of the molecule is C[C@@H]1CN(Cc2nnnn2-c2cccc(C#N)c2)C[C@H](C)O1.Cl. The molecule has 1 aliphatic rings. The average Bonchev–Trinajstić information content (AvgIpc) is 2.94. The highest BCUT2D eigenvalue weighted by atomic mass is 35.5. The van der Waals surface area contributed by atoms with Crippen LogP contribution >= 0.6 is 12.4 Å². The molecule has 0 amide bonds. The summed E-state index contributed by atoms with van der Waals surface area (Å²) in [5.74, 6) is 0.761. The van der Waals surface area contributed by atoms with Gasteiger partial charge in [-0.15, -0.1) is 17.5 Å². The molecule has 1 fully saturated rings. The second-order valence-electron chi connectivity index (χ2n) is 5.62. The topological polar surface area (TPSA) is 79.9 Å². The van der Waals surface area contributed by atoms with Gasteiger partial charge in [0, 0.05) is 13.1 Å². The summed E-state index contributed by atoms with van der Waals surface area (Å²) in [4.78, 5) is 2.29. The first kappa shape index (κ1) is 17.3. The van der Waals surface area contributed by atoms with Crippen LogP contribution in [0.3, 0.4) is 0 Å². The number of nitrogens with zero attached hydrogens (tertiary/aromatic N) is 6. The Balaban J connectivity index is 0.00000192. The molecular formula is C15H19ClN6O. The fraction of sp³-hybridized carbons (Fsp3) is 0.467. The Labute approximate surface area is 141 Å². The van der Waals surface area contributed by atoms with Crippen LogP contribution in [0.15, 0.2) is 24.3 Å². The predicted octanol–water partition coefficient (Wildman–Crippen LogP) is 1.56. The van der Waals surface area contributed by atoms with E-state index in [9.17, 15) is 0 Å². The van der Waals surface area contributed by atoms with E-state index in [-0.39, 0.29) is 24.6 Å². The van der Waals surface area contributed by atoms with Gasteiger partial charge >= 0.3 is 0 Å². The maximum Gasteiger partial charge on any atom is 0.170 e. The minimum atomic E-state index is 0. The molecule has 0 aliphatic carbocycles. The number of tetrazole rings is 1. The molecule has 0 N–H and O–H groups in total. The molecule has 0 saturated carbocycles. The zero-order valence-corrected chi connectivity index (χ0v) is 13.9. The molecule has 122 valence electrons. The third-order valence-electron chi connectivity index (χ3n) is 3.61. The zero-order chi connectivity index (χ0) is 15.5. The van der Waals surface area contributed by atoms with Crippen LogP contribution in [0, 0.1) is 11.3 Å². The van der Waals surface area contributed by atoms with E-state index in [1.54, 1.807) is 16.8 Å². The molecule has 1 saturated heterocycles. The molecule has 7 nitrogen and oxygen atoms in total. The highest BCUT2D eigenvalue weighted by Crippen LogP contribution is 2.15. The van der Waals surface area contributed by atoms with Crippen LogP contribution < -0.4 is 0 Å². The predicted molar refractivity (Wildman–Crippen MR) is 86.4 cm³/mol. The molecule has 8 heteroatoms. The Hall–Kier alpha value is -2.01. The Morgan fingerprint density at radius 2 is 2.04 bits per heavy atom. The van der Waals surface area contributed by atoms with Gasteiger partial charge in [-0.3, -0.25) is 4.90 Å². The zero-order valence-electron chi connectivity index (χ0n) is 13.1. The van der Waals surface area contributed by atoms with Gasteiger partial charge in [-0.25, -0.2) is 0 Å². The summed E-state index contributed by atoms with van der Waals surface area (Å²) in [7, 11) is 0. The second kappa shape index (κ2) is 7.51. The summed E-state index contributed by atoms with van der Waals surface area (Å²) in [5.41, 5.74) is 1.39. The van der Waals surface area contributed by atoms with Crippen molar-refractivity contribution in [2.45, 2.75) is 32.6 Å². The Morgan fingerprint density at radius 1 is 1.30 bits per heavy atom. The summed E-state index contributed by atoms with van der Waals surface area (Å²) >= 11 is 0. The first-order valence-corrected chi connectivity index (χ1v) is 7.31. The number of rotatable bonds is 3. The summed E-state index contributed by atoms with van der Waals surface area (Å²) < 4.78 is 7.43. The van der Waals surface area contributed by atoms with Crippen LogP contribution in [0.25, 0.3) is 5.69 Å². The highest BCUT2D eigenvalue weighted by molar-refractivity contribution is 5.85. The Morgan fingerprint density at radius 3 is 2.74 bits per heavy atom. The van der Waals surface area contributed by atoms with Crippen molar-refractivity contribution >= 4 is 12.4 Å². The Kier molecular flexibility index (Phi) is 5.66. The van der Waals surface area contributed by atoms with E-state index in [1.165, 1.54) is 0 Å². The van der Waals surface area contributed by atoms with Crippen molar-refractivity contribution < 1.29 is 4.74 Å². The summed E-state index contributed by atoms with van der Waals surface area (Å²) in [5, 5.41) is 21.0. The van der Waals surface area contributed by atoms with Gasteiger partial charge in [0.25, 0.3) is 0 Å². The second-order valence-corrected chi connectivity index (χ2v) is 5.62. The Bertz CT molecular complexity index is 687. The number of hydrogen-bond acceptors (Lipinski definition) is 6. The molecule has 0 radical (unpaired) electrons. The van der Waals surface area contributed by atoms with Gasteiger partial charge in [0.15, 0.2) is 5.82 Å². The molecule has 0 bridgehead atoms. The molecule has 2 heterocycles. The normalized spacial score (nSPS) is 21.4. The van der Waals surface area contributed by atoms with E-state index in [4.69, 9.17) is 10.00 Å². The fourth-order valence-electron chi connectivity index (χ4n) is 2.83. The van der Waals surface area contributed by atoms with Crippen molar-refractivity contribution in [3.63, 3.8) is 0 Å². The number of nitriles is 1. The van der Waals surface area contributed by atoms with E-state index in [2.05, 4.69) is 40.3 Å². The lowest BCUT2D eigenvalue weighted by atomic mass is 10.2. The van der Waals surface area contributed by atoms with Gasteiger partial charge in [-0.05, 0) is 42.5 Å². The van der Waals surface area contributed by atoms with Gasteiger partial charge in [0.05, 0.1) is 36.1 Å². The first-order valence-electron chi connectivity index (χ1n) is 7.31. The molecule has 3 rings (SSSR count). The van der Waals surface area contributed by atoms with Crippen LogP contribution in [-0.4, -0.2) is 50.4 Å². The molecule has 0 spiro atoms. The molecule has 2 atom stereocenters. The standard InChI is InChI=1S/C15H18N6O.ClH/c1-11-8-20(9-12(2)22-11)10-15-17-18-19-21(15)14-5-3-4-13(6-14)7-16;/h3-6,11-12H,8-10H2,1-2H3;1H/t11-,12+;. The monoisotopic (exact) mass is 334 g/mol. The van der Waals surface area contributed by atoms with Crippen LogP contribution in [0.1, 0.15) is 25.2 Å². The third-order valence-corrected chi connectivity index (χ3v) is 3.61. The molecular weight excluding hydrogens is 316 g/mol. The molecule has 0 unspecified atom stereocenters. The number of benzene rings is 1. The summed E-state index contributed by atoms with van der Waals surface area (Å²) in [6.45, 7) is 6.51. The molecule has 1 aliphatic heterocycles. The van der Waals surface area contributed by atoms with Crippen molar-refractivity contribution in [2.24, 2.45) is 0 Å². The highest BCUT2D eigenvalue weighted by Gasteiger charge is 2.24. The van der Waals surface area contributed by atoms with Gasteiger partial charge in [0.2, 0.25) is 0 Å². The van der Waals surface area contributed by atoms with Crippen LogP contribution in [-0.2, 0) is 11.3 Å². The van der Waals surface area contributed by atoms with Crippen molar-refractivity contribution in [1.29, 1.82) is 5.26 Å². The van der Waals surface area contributed by atoms with Crippen molar-refractivity contribution in [1.82, 2.24) is 25.1 Å². The van der Waals surface area contributed by atoms with Gasteiger partial charge in [0.1, 0.15) is 0 Å². The first-order chi connectivity index (χ1) is 10.7. The minimum absolute atomic E-state index is 0. The fourth-order valence-corrected chi connectivity index (χ4v) is 2.83. The number of ether oxygens (including phenoxy) is 1. The van der Waals surface area contributed by atoms with Gasteiger partial charge in [-0.1, -0.05) is 6.07 Å². The van der Waals surface area contributed by atoms with E-state index in [0.29, 0.717) is 12.1 Å². The summed E-state index contributed by atoms with van der Waals surface area (Å²) in [6, 6.07) is 9.40. The van der Waals surface area contributed by atoms with Crippen LogP contribution in [0.4, 0.5) is 0 Å². The molecule has 1 aromatic heterocycles. The third kappa shape index (κ3) is 4.05. The molecule has 23 heavy (non-hydrogen) atoms. The lowest BCUT2D eigenvalue weighted by Gasteiger charge is -2.34. The lowest BCUT2D eigenvalue weighted by Crippen LogP contribution is -2.45. The summed E-state index contributed by atoms with van der Waals surface area (Å²) in [6.07, 6.45) is 0.407. The van der Waals surface area contributed by atoms with E-state index >= 15 is 0 Å². The average molecular weight is 335 g/mol. The van der Waals surface area contributed by atoms with Crippen molar-refractivity contribution in [3.8, 4) is 11.8 Å². The number of hydrogen-bond donors (Lipinski definition) is 0. The molecule has 1 aromatic carbocycles. The van der Waals surface area contributed by atoms with Gasteiger partial charge < -0.3 is 4.74 Å². The number of aromatic nitrogens is 4. The smallest absolute Gasteiger partial charge is 0.170 e. The minimum Gasteiger partial charge on any atom is -0.373 e. The number of morpholine rings is 1. The maximum absolute atomic E-state index is 9.02. The van der Waals surface area contributed by atoms with E-state index in [1.807, 2.05) is 12.1 Å². The van der Waals surface area contributed by atoms with Crippen LogP contribution in [0.5, 0.6) is 0 Å². The van der Waals surface area contributed by atoms with E-state index < -0.39 is 0 Å². The van der Waals surface area contributed by atoms with Crippen LogP contribution in [0.2, 0.25) is 0 Å². The number of halogens is 1. The maximum atomic E-state index is 9.02.